The molecule has 1 saturated heterocycles. The Morgan fingerprint density at radius 3 is 2.23 bits per heavy atom. The van der Waals surface area contributed by atoms with E-state index in [-0.39, 0.29) is 12.8 Å². The maximum Gasteiger partial charge on any atom is 0.390 e. The Morgan fingerprint density at radius 1 is 1.23 bits per heavy atom. The first-order chi connectivity index (χ1) is 10.2. The minimum Gasteiger partial charge on any atom is -0.348 e. The van der Waals surface area contributed by atoms with Crippen molar-refractivity contribution in [2.75, 3.05) is 19.0 Å². The molecule has 0 aromatic heterocycles. The molecule has 1 heterocycles. The van der Waals surface area contributed by atoms with Crippen LogP contribution in [0.2, 0.25) is 0 Å². The van der Waals surface area contributed by atoms with Crippen LogP contribution in [0.4, 0.5) is 13.2 Å². The number of rotatable bonds is 3. The fraction of sp³-hybridized carbons (Fsp3) is 0.769. The highest BCUT2D eigenvalue weighted by molar-refractivity contribution is 7.95. The third-order valence-electron chi connectivity index (χ3n) is 3.82. The summed E-state index contributed by atoms with van der Waals surface area (Å²) in [5.41, 5.74) is 0.370. The third kappa shape index (κ3) is 4.00. The van der Waals surface area contributed by atoms with Gasteiger partial charge in [0.05, 0.1) is 25.4 Å². The van der Waals surface area contributed by atoms with Crippen molar-refractivity contribution in [3.63, 3.8) is 0 Å². The second kappa shape index (κ2) is 6.18. The van der Waals surface area contributed by atoms with E-state index in [1.165, 1.54) is 0 Å². The Morgan fingerprint density at radius 2 is 1.77 bits per heavy atom. The summed E-state index contributed by atoms with van der Waals surface area (Å²) in [4.78, 5) is -0.524. The molecule has 9 heteroatoms. The Labute approximate surface area is 126 Å². The lowest BCUT2D eigenvalue weighted by Gasteiger charge is -2.32. The van der Waals surface area contributed by atoms with Gasteiger partial charge in [-0.2, -0.15) is 18.4 Å². The summed E-state index contributed by atoms with van der Waals surface area (Å²) in [6.07, 6.45) is -4.67. The van der Waals surface area contributed by atoms with E-state index >= 15 is 0 Å². The van der Waals surface area contributed by atoms with Crippen LogP contribution in [0.15, 0.2) is 10.5 Å². The topological polar surface area (TPSA) is 76.4 Å². The third-order valence-corrected chi connectivity index (χ3v) is 5.56. The molecule has 0 unspecified atom stereocenters. The minimum absolute atomic E-state index is 0.272. The number of allylic oxidation sites excluding steroid dienone is 2. The molecule has 1 aliphatic heterocycles. The van der Waals surface area contributed by atoms with Crippen LogP contribution in [0.1, 0.15) is 32.1 Å². The summed E-state index contributed by atoms with van der Waals surface area (Å²) >= 11 is 0. The zero-order valence-electron chi connectivity index (χ0n) is 11.8. The molecule has 2 aliphatic rings. The summed E-state index contributed by atoms with van der Waals surface area (Å²) in [5.74, 6) is -1.82. The van der Waals surface area contributed by atoms with E-state index in [1.54, 1.807) is 6.07 Å². The molecule has 0 bridgehead atoms. The van der Waals surface area contributed by atoms with Crippen molar-refractivity contribution in [3.05, 3.63) is 10.5 Å². The lowest BCUT2D eigenvalue weighted by atomic mass is 9.89. The van der Waals surface area contributed by atoms with Gasteiger partial charge in [-0.15, -0.1) is 0 Å². The predicted molar refractivity (Wildman–Crippen MR) is 70.2 cm³/mol. The monoisotopic (exact) mass is 339 g/mol. The fourth-order valence-corrected chi connectivity index (χ4v) is 4.15. The van der Waals surface area contributed by atoms with Gasteiger partial charge in [-0.1, -0.05) is 0 Å². The zero-order chi connectivity index (χ0) is 16.4. The number of hydrogen-bond donors (Lipinski definition) is 0. The quantitative estimate of drug-likeness (QED) is 0.738. The summed E-state index contributed by atoms with van der Waals surface area (Å²) in [6, 6.07) is 1.57. The summed E-state index contributed by atoms with van der Waals surface area (Å²) in [6.45, 7) is 0.933. The van der Waals surface area contributed by atoms with E-state index in [0.29, 0.717) is 31.6 Å². The smallest absolute Gasteiger partial charge is 0.348 e. The molecule has 5 nitrogen and oxygen atoms in total. The van der Waals surface area contributed by atoms with Crippen molar-refractivity contribution in [2.45, 2.75) is 44.1 Å². The lowest BCUT2D eigenvalue weighted by Crippen LogP contribution is -2.33. The van der Waals surface area contributed by atoms with Crippen LogP contribution in [-0.4, -0.2) is 39.3 Å². The van der Waals surface area contributed by atoms with Gasteiger partial charge in [-0.3, -0.25) is 0 Å². The van der Waals surface area contributed by atoms with Crippen LogP contribution in [-0.2, 0) is 19.3 Å². The predicted octanol–water partition coefficient (Wildman–Crippen LogP) is 2.45. The Bertz CT molecular complexity index is 586. The maximum absolute atomic E-state index is 12.2. The highest BCUT2D eigenvalue weighted by Gasteiger charge is 2.40. The van der Waals surface area contributed by atoms with Crippen LogP contribution in [0.3, 0.4) is 0 Å². The molecule has 0 radical (unpaired) electrons. The Hall–Kier alpha value is -1.11. The molecule has 1 saturated carbocycles. The van der Waals surface area contributed by atoms with Crippen molar-refractivity contribution in [1.82, 2.24) is 0 Å². The zero-order valence-corrected chi connectivity index (χ0v) is 12.6. The van der Waals surface area contributed by atoms with Crippen LogP contribution in [0, 0.1) is 11.3 Å². The van der Waals surface area contributed by atoms with E-state index in [4.69, 9.17) is 14.7 Å². The Kier molecular flexibility index (Phi) is 4.84. The number of nitrogens with zero attached hydrogens (tertiary/aromatic N) is 1. The Balaban J connectivity index is 2.12. The van der Waals surface area contributed by atoms with Gasteiger partial charge < -0.3 is 9.47 Å². The molecule has 0 aromatic rings. The van der Waals surface area contributed by atoms with Gasteiger partial charge in [-0.05, 0) is 18.4 Å². The van der Waals surface area contributed by atoms with Crippen molar-refractivity contribution in [2.24, 2.45) is 0 Å². The van der Waals surface area contributed by atoms with E-state index in [2.05, 4.69) is 0 Å². The molecule has 0 N–H and O–H groups in total. The molecule has 2 fully saturated rings. The van der Waals surface area contributed by atoms with Gasteiger partial charge in [0.25, 0.3) is 0 Å². The molecule has 1 aliphatic carbocycles. The van der Waals surface area contributed by atoms with Crippen molar-refractivity contribution >= 4 is 9.84 Å². The minimum atomic E-state index is -4.57. The van der Waals surface area contributed by atoms with Gasteiger partial charge in [-0.25, -0.2) is 8.42 Å². The molecular formula is C13H16F3NO4S. The molecule has 124 valence electrons. The van der Waals surface area contributed by atoms with Crippen molar-refractivity contribution < 1.29 is 31.1 Å². The second-order valence-electron chi connectivity index (χ2n) is 5.34. The highest BCUT2D eigenvalue weighted by atomic mass is 32.2. The van der Waals surface area contributed by atoms with Gasteiger partial charge in [0.1, 0.15) is 11.0 Å². The molecule has 0 atom stereocenters. The first kappa shape index (κ1) is 17.2. The molecular weight excluding hydrogens is 323 g/mol. The molecule has 22 heavy (non-hydrogen) atoms. The molecule has 2 rings (SSSR count). The van der Waals surface area contributed by atoms with Crippen LogP contribution < -0.4 is 0 Å². The van der Waals surface area contributed by atoms with Crippen LogP contribution in [0.5, 0.6) is 0 Å². The normalized spacial score (nSPS) is 21.8. The van der Waals surface area contributed by atoms with Crippen molar-refractivity contribution in [3.8, 4) is 6.07 Å². The van der Waals surface area contributed by atoms with Gasteiger partial charge in [0, 0.05) is 12.8 Å². The highest BCUT2D eigenvalue weighted by Crippen LogP contribution is 2.39. The van der Waals surface area contributed by atoms with Crippen molar-refractivity contribution in [1.29, 1.82) is 5.26 Å². The van der Waals surface area contributed by atoms with Crippen LogP contribution >= 0.6 is 0 Å². The molecule has 0 aromatic carbocycles. The number of halogens is 3. The molecule has 0 amide bonds. The first-order valence-electron chi connectivity index (χ1n) is 6.87. The number of hydrogen-bond acceptors (Lipinski definition) is 5. The average Bonchev–Trinajstić information content (AvgIpc) is 2.87. The van der Waals surface area contributed by atoms with E-state index < -0.39 is 38.9 Å². The number of sulfone groups is 1. The average molecular weight is 339 g/mol. The van der Waals surface area contributed by atoms with E-state index in [9.17, 15) is 21.6 Å². The number of ether oxygens (including phenoxy) is 2. The fourth-order valence-electron chi connectivity index (χ4n) is 2.67. The molecule has 1 spiro atoms. The summed E-state index contributed by atoms with van der Waals surface area (Å²) in [7, 11) is -4.22. The van der Waals surface area contributed by atoms with Gasteiger partial charge in [0.15, 0.2) is 15.6 Å². The largest absolute Gasteiger partial charge is 0.390 e. The van der Waals surface area contributed by atoms with E-state index in [1.807, 2.05) is 0 Å². The SMILES string of the molecule is N#CC(=C1CCC2(CC1)OCCO2)S(=O)(=O)CCC(F)(F)F. The van der Waals surface area contributed by atoms with Gasteiger partial charge in [0.2, 0.25) is 0 Å². The van der Waals surface area contributed by atoms with Gasteiger partial charge >= 0.3 is 6.18 Å². The van der Waals surface area contributed by atoms with E-state index in [0.717, 1.165) is 0 Å². The van der Waals surface area contributed by atoms with Crippen LogP contribution in [0.25, 0.3) is 0 Å². The lowest BCUT2D eigenvalue weighted by molar-refractivity contribution is -0.171. The standard InChI is InChI=1S/C13H16F3NO4S/c14-13(15,16)5-8-22(18,19)11(9-17)10-1-3-12(4-2-10)20-6-7-21-12/h1-8H2. The summed E-state index contributed by atoms with van der Waals surface area (Å²) < 4.78 is 71.5. The summed E-state index contributed by atoms with van der Waals surface area (Å²) in [5, 5.41) is 9.07. The number of nitriles is 1. The first-order valence-corrected chi connectivity index (χ1v) is 8.52. The maximum atomic E-state index is 12.2. The second-order valence-corrected chi connectivity index (χ2v) is 7.38. The number of alkyl halides is 3.